The van der Waals surface area contributed by atoms with Crippen LogP contribution in [-0.2, 0) is 16.3 Å². The largest absolute Gasteiger partial charge is 0.369 e. The van der Waals surface area contributed by atoms with Crippen LogP contribution in [0.1, 0.15) is 29.9 Å². The number of sulfone groups is 1. The summed E-state index contributed by atoms with van der Waals surface area (Å²) in [6.45, 7) is 0.410. The smallest absolute Gasteiger partial charge is 0.209 e. The van der Waals surface area contributed by atoms with Gasteiger partial charge in [-0.25, -0.2) is 12.8 Å². The van der Waals surface area contributed by atoms with Gasteiger partial charge in [-0.15, -0.1) is 0 Å². The zero-order chi connectivity index (χ0) is 19.4. The number of nitriles is 1. The number of halogens is 1. The van der Waals surface area contributed by atoms with Crippen molar-refractivity contribution in [3.05, 3.63) is 59.4 Å². The average molecular weight is 386 g/mol. The summed E-state index contributed by atoms with van der Waals surface area (Å²) in [5.74, 6) is -0.607. The molecule has 3 N–H and O–H groups in total. The minimum Gasteiger partial charge on any atom is -0.369 e. The first-order valence-corrected chi connectivity index (χ1v) is 9.99. The number of guanidine groups is 1. The van der Waals surface area contributed by atoms with Crippen LogP contribution in [0.25, 0.3) is 0 Å². The first-order valence-electron chi connectivity index (χ1n) is 8.51. The van der Waals surface area contributed by atoms with Gasteiger partial charge in [-0.3, -0.25) is 10.3 Å². The van der Waals surface area contributed by atoms with Gasteiger partial charge in [0.2, 0.25) is 15.8 Å². The fourth-order valence-corrected chi connectivity index (χ4v) is 4.72. The summed E-state index contributed by atoms with van der Waals surface area (Å²) in [5, 5.41) is 10.8. The molecule has 0 bridgehead atoms. The standard InChI is InChI=1S/C19H19FN4O2S/c20-17-6-1-2-7-18(17)27(25,26)15-8-9-16-13(10-15)4-3-5-14(16)11-23-19(22)24-12-21/h1-2,6-10,14H,3-5,11H2,(H3,22,23,24). The number of aryl methyl sites for hydroxylation is 1. The Labute approximate surface area is 157 Å². The van der Waals surface area contributed by atoms with E-state index in [0.717, 1.165) is 36.5 Å². The lowest BCUT2D eigenvalue weighted by atomic mass is 9.83. The van der Waals surface area contributed by atoms with E-state index in [1.54, 1.807) is 18.3 Å². The third-order valence-corrected chi connectivity index (χ3v) is 6.44. The molecule has 0 amide bonds. The summed E-state index contributed by atoms with van der Waals surface area (Å²) >= 11 is 0. The summed E-state index contributed by atoms with van der Waals surface area (Å²) in [6.07, 6.45) is 4.26. The van der Waals surface area contributed by atoms with E-state index < -0.39 is 15.7 Å². The monoisotopic (exact) mass is 386 g/mol. The Hall–Kier alpha value is -2.92. The number of hydrogen-bond donors (Lipinski definition) is 2. The molecule has 2 aromatic rings. The third-order valence-electron chi connectivity index (χ3n) is 4.66. The van der Waals surface area contributed by atoms with Gasteiger partial charge in [-0.2, -0.15) is 5.26 Å². The second-order valence-corrected chi connectivity index (χ2v) is 8.26. The molecule has 2 aromatic carbocycles. The number of nitrogens with one attached hydrogen (secondary N) is 1. The van der Waals surface area contributed by atoms with Crippen LogP contribution in [0.5, 0.6) is 0 Å². The Morgan fingerprint density at radius 1 is 1.33 bits per heavy atom. The maximum atomic E-state index is 14.0. The predicted molar refractivity (Wildman–Crippen MR) is 99.2 cm³/mol. The zero-order valence-corrected chi connectivity index (χ0v) is 15.3. The Morgan fingerprint density at radius 2 is 2.11 bits per heavy atom. The highest BCUT2D eigenvalue weighted by atomic mass is 32.2. The lowest BCUT2D eigenvalue weighted by Crippen LogP contribution is -2.28. The Morgan fingerprint density at radius 3 is 2.85 bits per heavy atom. The first-order chi connectivity index (χ1) is 12.9. The minimum atomic E-state index is -3.92. The van der Waals surface area contributed by atoms with E-state index in [9.17, 15) is 12.8 Å². The predicted octanol–water partition coefficient (Wildman–Crippen LogP) is 2.46. The van der Waals surface area contributed by atoms with Gasteiger partial charge in [0, 0.05) is 12.5 Å². The fourth-order valence-electron chi connectivity index (χ4n) is 3.34. The highest BCUT2D eigenvalue weighted by Gasteiger charge is 2.25. The molecule has 0 heterocycles. The minimum absolute atomic E-state index is 0.0587. The molecule has 0 spiro atoms. The molecule has 0 fully saturated rings. The van der Waals surface area contributed by atoms with E-state index in [-0.39, 0.29) is 21.7 Å². The molecule has 6 nitrogen and oxygen atoms in total. The van der Waals surface area contributed by atoms with Crippen LogP contribution in [0.4, 0.5) is 4.39 Å². The number of hydrogen-bond acceptors (Lipinski definition) is 4. The van der Waals surface area contributed by atoms with Crippen LogP contribution in [-0.4, -0.2) is 20.9 Å². The zero-order valence-electron chi connectivity index (χ0n) is 14.5. The molecule has 0 aliphatic heterocycles. The van der Waals surface area contributed by atoms with Crippen molar-refractivity contribution in [1.82, 2.24) is 5.32 Å². The maximum absolute atomic E-state index is 14.0. The number of benzene rings is 2. The lowest BCUT2D eigenvalue weighted by Gasteiger charge is -2.25. The first kappa shape index (κ1) is 18.9. The fraction of sp³-hybridized carbons (Fsp3) is 0.263. The number of rotatable bonds is 4. The van der Waals surface area contributed by atoms with Crippen molar-refractivity contribution in [2.75, 3.05) is 6.54 Å². The molecule has 27 heavy (non-hydrogen) atoms. The number of aliphatic imine (C=N–C) groups is 1. The highest BCUT2D eigenvalue weighted by molar-refractivity contribution is 7.91. The molecule has 1 atom stereocenters. The SMILES string of the molecule is N#CNC(N)=NCC1CCCc2cc(S(=O)(=O)c3ccccc3F)ccc21. The van der Waals surface area contributed by atoms with Gasteiger partial charge < -0.3 is 5.73 Å². The van der Waals surface area contributed by atoms with Crippen molar-refractivity contribution in [3.8, 4) is 6.19 Å². The van der Waals surface area contributed by atoms with Gasteiger partial charge in [0.1, 0.15) is 10.7 Å². The molecule has 0 radical (unpaired) electrons. The van der Waals surface area contributed by atoms with Crippen molar-refractivity contribution in [2.24, 2.45) is 10.7 Å². The molecule has 3 rings (SSSR count). The maximum Gasteiger partial charge on any atom is 0.209 e. The molecule has 0 saturated carbocycles. The van der Waals surface area contributed by atoms with Gasteiger partial charge in [-0.1, -0.05) is 18.2 Å². The van der Waals surface area contributed by atoms with Crippen LogP contribution >= 0.6 is 0 Å². The van der Waals surface area contributed by atoms with E-state index >= 15 is 0 Å². The Bertz CT molecular complexity index is 1030. The second-order valence-electron chi connectivity index (χ2n) is 6.35. The van der Waals surface area contributed by atoms with Gasteiger partial charge in [0.15, 0.2) is 6.19 Å². The third kappa shape index (κ3) is 3.93. The topological polar surface area (TPSA) is 108 Å². The summed E-state index contributed by atoms with van der Waals surface area (Å²) in [5.41, 5.74) is 7.52. The van der Waals surface area contributed by atoms with Gasteiger partial charge in [0.25, 0.3) is 0 Å². The van der Waals surface area contributed by atoms with Crippen LogP contribution in [0.3, 0.4) is 0 Å². The molecule has 1 aliphatic carbocycles. The van der Waals surface area contributed by atoms with Crippen LogP contribution < -0.4 is 11.1 Å². The molecule has 1 unspecified atom stereocenters. The van der Waals surface area contributed by atoms with Crippen molar-refractivity contribution < 1.29 is 12.8 Å². The molecule has 0 saturated heterocycles. The summed E-state index contributed by atoms with van der Waals surface area (Å²) in [4.78, 5) is 3.92. The van der Waals surface area contributed by atoms with Crippen LogP contribution in [0, 0.1) is 17.3 Å². The molecule has 1 aliphatic rings. The van der Waals surface area contributed by atoms with E-state index in [0.29, 0.717) is 6.54 Å². The van der Waals surface area contributed by atoms with E-state index in [1.165, 1.54) is 24.3 Å². The van der Waals surface area contributed by atoms with Gasteiger partial charge in [0.05, 0.1) is 4.90 Å². The van der Waals surface area contributed by atoms with Crippen molar-refractivity contribution in [2.45, 2.75) is 35.0 Å². The number of fused-ring (bicyclic) bond motifs is 1. The molecule has 140 valence electrons. The number of nitrogens with zero attached hydrogens (tertiary/aromatic N) is 2. The summed E-state index contributed by atoms with van der Waals surface area (Å²) in [7, 11) is -3.92. The normalized spacial score (nSPS) is 17.0. The Balaban J connectivity index is 1.92. The van der Waals surface area contributed by atoms with Crippen molar-refractivity contribution in [3.63, 3.8) is 0 Å². The Kier molecular flexibility index (Phi) is 5.42. The molecular weight excluding hydrogens is 367 g/mol. The van der Waals surface area contributed by atoms with Gasteiger partial charge >= 0.3 is 0 Å². The molecular formula is C19H19FN4O2S. The summed E-state index contributed by atoms with van der Waals surface area (Å²) < 4.78 is 39.6. The van der Waals surface area contributed by atoms with Crippen LogP contribution in [0.15, 0.2) is 57.2 Å². The summed E-state index contributed by atoms with van der Waals surface area (Å²) in [6, 6.07) is 10.3. The van der Waals surface area contributed by atoms with Gasteiger partial charge in [-0.05, 0) is 54.7 Å². The van der Waals surface area contributed by atoms with E-state index in [4.69, 9.17) is 11.0 Å². The molecule has 0 aromatic heterocycles. The second kappa shape index (κ2) is 7.76. The lowest BCUT2D eigenvalue weighted by molar-refractivity contribution is 0.556. The molecule has 8 heteroatoms. The van der Waals surface area contributed by atoms with Crippen molar-refractivity contribution >= 4 is 15.8 Å². The average Bonchev–Trinajstić information content (AvgIpc) is 2.66. The van der Waals surface area contributed by atoms with E-state index in [1.807, 2.05) is 0 Å². The van der Waals surface area contributed by atoms with Crippen molar-refractivity contribution in [1.29, 1.82) is 5.26 Å². The highest BCUT2D eigenvalue weighted by Crippen LogP contribution is 2.34. The quantitative estimate of drug-likeness (QED) is 0.363. The van der Waals surface area contributed by atoms with Crippen LogP contribution in [0.2, 0.25) is 0 Å². The van der Waals surface area contributed by atoms with E-state index in [2.05, 4.69) is 10.3 Å². The number of nitrogens with two attached hydrogens (primary N) is 1.